The number of likely N-dealkylation sites (N-methyl/N-ethyl adjacent to an activating group) is 1. The third kappa shape index (κ3) is 2.06. The predicted molar refractivity (Wildman–Crippen MR) is 75.9 cm³/mol. The molecule has 1 amide bonds. The number of hydrogen-bond acceptors (Lipinski definition) is 2. The van der Waals surface area contributed by atoms with Gasteiger partial charge in [0.05, 0.1) is 12.1 Å². The average Bonchev–Trinajstić information content (AvgIpc) is 2.55. The fourth-order valence-electron chi connectivity index (χ4n) is 3.63. The van der Waals surface area contributed by atoms with Crippen LogP contribution < -0.4 is 5.32 Å². The summed E-state index contributed by atoms with van der Waals surface area (Å²) in [5.41, 5.74) is 2.69. The van der Waals surface area contributed by atoms with Gasteiger partial charge in [0.1, 0.15) is 0 Å². The Balaban J connectivity index is 2.08. The molecule has 0 aromatic heterocycles. The summed E-state index contributed by atoms with van der Waals surface area (Å²) in [6.07, 6.45) is 4.25. The van der Waals surface area contributed by atoms with Crippen molar-refractivity contribution in [3.63, 3.8) is 0 Å². The second-order valence-electron chi connectivity index (χ2n) is 5.79. The highest BCUT2D eigenvalue weighted by Gasteiger charge is 2.39. The van der Waals surface area contributed by atoms with Crippen LogP contribution in [0.1, 0.15) is 43.4 Å². The fourth-order valence-corrected chi connectivity index (χ4v) is 3.63. The second-order valence-corrected chi connectivity index (χ2v) is 5.79. The molecule has 3 nitrogen and oxygen atoms in total. The Morgan fingerprint density at radius 1 is 1.26 bits per heavy atom. The van der Waals surface area contributed by atoms with Crippen molar-refractivity contribution in [1.82, 2.24) is 10.2 Å². The summed E-state index contributed by atoms with van der Waals surface area (Å²) >= 11 is 0. The Bertz CT molecular complexity index is 485. The van der Waals surface area contributed by atoms with E-state index in [1.807, 2.05) is 7.05 Å². The van der Waals surface area contributed by atoms with Crippen LogP contribution in [-0.2, 0) is 11.2 Å². The highest BCUT2D eigenvalue weighted by molar-refractivity contribution is 5.84. The van der Waals surface area contributed by atoms with Crippen molar-refractivity contribution < 1.29 is 4.79 Å². The minimum Gasteiger partial charge on any atom is -0.332 e. The number of carbonyl (C=O) groups is 1. The number of piperidine rings is 1. The van der Waals surface area contributed by atoms with E-state index in [4.69, 9.17) is 0 Å². The molecule has 3 unspecified atom stereocenters. The number of nitrogens with one attached hydrogen (secondary N) is 1. The first kappa shape index (κ1) is 12.7. The van der Waals surface area contributed by atoms with Crippen LogP contribution >= 0.6 is 0 Å². The number of rotatable bonds is 1. The quantitative estimate of drug-likeness (QED) is 0.838. The summed E-state index contributed by atoms with van der Waals surface area (Å²) in [4.78, 5) is 14.9. The molecule has 0 spiro atoms. The zero-order chi connectivity index (χ0) is 13.4. The van der Waals surface area contributed by atoms with E-state index >= 15 is 0 Å². The van der Waals surface area contributed by atoms with Gasteiger partial charge in [-0.15, -0.1) is 0 Å². The van der Waals surface area contributed by atoms with Crippen LogP contribution in [0.15, 0.2) is 24.3 Å². The number of benzene rings is 1. The van der Waals surface area contributed by atoms with Crippen LogP contribution in [-0.4, -0.2) is 29.9 Å². The van der Waals surface area contributed by atoms with Crippen molar-refractivity contribution in [2.45, 2.75) is 50.7 Å². The molecule has 3 heteroatoms. The smallest absolute Gasteiger partial charge is 0.240 e. The van der Waals surface area contributed by atoms with E-state index in [2.05, 4.69) is 41.4 Å². The van der Waals surface area contributed by atoms with E-state index in [9.17, 15) is 4.79 Å². The summed E-state index contributed by atoms with van der Waals surface area (Å²) in [5, 5.41) is 3.20. The zero-order valence-corrected chi connectivity index (χ0v) is 11.7. The van der Waals surface area contributed by atoms with Crippen LogP contribution in [0, 0.1) is 0 Å². The molecule has 0 aliphatic carbocycles. The third-order valence-electron chi connectivity index (χ3n) is 4.65. The summed E-state index contributed by atoms with van der Waals surface area (Å²) in [5.74, 6) is 0.274. The molecular formula is C16H22N2O. The van der Waals surface area contributed by atoms with Crippen LogP contribution in [0.4, 0.5) is 0 Å². The Labute approximate surface area is 115 Å². The Kier molecular flexibility index (Phi) is 3.31. The molecule has 0 radical (unpaired) electrons. The first-order valence-electron chi connectivity index (χ1n) is 7.29. The highest BCUT2D eigenvalue weighted by Crippen LogP contribution is 2.38. The third-order valence-corrected chi connectivity index (χ3v) is 4.65. The molecule has 102 valence electrons. The maximum Gasteiger partial charge on any atom is 0.240 e. The van der Waals surface area contributed by atoms with E-state index in [0.29, 0.717) is 6.04 Å². The maximum absolute atomic E-state index is 12.8. The lowest BCUT2D eigenvalue weighted by Crippen LogP contribution is -2.50. The molecule has 2 aliphatic heterocycles. The molecule has 3 atom stereocenters. The lowest BCUT2D eigenvalue weighted by Gasteiger charge is -2.41. The lowest BCUT2D eigenvalue weighted by molar-refractivity contribution is -0.139. The Hall–Kier alpha value is -1.35. The standard InChI is InChI=1S/C16H22N2O/c1-11-6-5-9-15-13-8-4-3-7-12(13)10-14(17-2)16(19)18(11)15/h3-4,7-8,11,14-15,17H,5-6,9-10H2,1-2H3. The van der Waals surface area contributed by atoms with E-state index in [-0.39, 0.29) is 18.0 Å². The normalized spacial score (nSPS) is 30.5. The maximum atomic E-state index is 12.8. The molecule has 1 N–H and O–H groups in total. The van der Waals surface area contributed by atoms with Gasteiger partial charge in [0.15, 0.2) is 0 Å². The molecule has 2 aliphatic rings. The van der Waals surface area contributed by atoms with Gasteiger partial charge in [-0.05, 0) is 50.8 Å². The first-order valence-corrected chi connectivity index (χ1v) is 7.29. The van der Waals surface area contributed by atoms with Crippen molar-refractivity contribution in [2.75, 3.05) is 7.05 Å². The zero-order valence-electron chi connectivity index (χ0n) is 11.7. The van der Waals surface area contributed by atoms with Crippen LogP contribution in [0.5, 0.6) is 0 Å². The van der Waals surface area contributed by atoms with Crippen molar-refractivity contribution in [3.05, 3.63) is 35.4 Å². The molecule has 1 aromatic rings. The number of fused-ring (bicyclic) bond motifs is 3. The summed E-state index contributed by atoms with van der Waals surface area (Å²) < 4.78 is 0. The van der Waals surface area contributed by atoms with Gasteiger partial charge in [0.2, 0.25) is 5.91 Å². The summed E-state index contributed by atoms with van der Waals surface area (Å²) in [6.45, 7) is 2.19. The van der Waals surface area contributed by atoms with Crippen LogP contribution in [0.25, 0.3) is 0 Å². The molecule has 0 bridgehead atoms. The summed E-state index contributed by atoms with van der Waals surface area (Å²) in [6, 6.07) is 9.12. The lowest BCUT2D eigenvalue weighted by atomic mass is 9.90. The molecule has 19 heavy (non-hydrogen) atoms. The van der Waals surface area contributed by atoms with Gasteiger partial charge < -0.3 is 10.2 Å². The SMILES string of the molecule is CNC1Cc2ccccc2C2CCCC(C)N2C1=O. The number of carbonyl (C=O) groups excluding carboxylic acids is 1. The molecule has 2 heterocycles. The van der Waals surface area contributed by atoms with Gasteiger partial charge >= 0.3 is 0 Å². The number of amides is 1. The fraction of sp³-hybridized carbons (Fsp3) is 0.562. The molecular weight excluding hydrogens is 236 g/mol. The van der Waals surface area contributed by atoms with Crippen LogP contribution in [0.2, 0.25) is 0 Å². The Morgan fingerprint density at radius 2 is 2.05 bits per heavy atom. The minimum atomic E-state index is -0.0771. The van der Waals surface area contributed by atoms with Crippen LogP contribution in [0.3, 0.4) is 0 Å². The van der Waals surface area contributed by atoms with E-state index in [0.717, 1.165) is 19.3 Å². The average molecular weight is 258 g/mol. The predicted octanol–water partition coefficient (Wildman–Crippen LogP) is 2.27. The van der Waals surface area contributed by atoms with Gasteiger partial charge in [-0.2, -0.15) is 0 Å². The largest absolute Gasteiger partial charge is 0.332 e. The molecule has 3 rings (SSSR count). The first-order chi connectivity index (χ1) is 9.22. The molecule has 1 aromatic carbocycles. The number of nitrogens with zero attached hydrogens (tertiary/aromatic N) is 1. The van der Waals surface area contributed by atoms with Gasteiger partial charge in [-0.25, -0.2) is 0 Å². The summed E-state index contributed by atoms with van der Waals surface area (Å²) in [7, 11) is 1.89. The van der Waals surface area contributed by atoms with Crippen molar-refractivity contribution in [1.29, 1.82) is 0 Å². The molecule has 0 saturated carbocycles. The topological polar surface area (TPSA) is 32.3 Å². The highest BCUT2D eigenvalue weighted by atomic mass is 16.2. The number of hydrogen-bond donors (Lipinski definition) is 1. The second kappa shape index (κ2) is 4.97. The van der Waals surface area contributed by atoms with Crippen molar-refractivity contribution >= 4 is 5.91 Å². The molecule has 1 fully saturated rings. The van der Waals surface area contributed by atoms with Gasteiger partial charge in [0.25, 0.3) is 0 Å². The van der Waals surface area contributed by atoms with E-state index < -0.39 is 0 Å². The monoisotopic (exact) mass is 258 g/mol. The van der Waals surface area contributed by atoms with E-state index in [1.165, 1.54) is 17.5 Å². The van der Waals surface area contributed by atoms with Gasteiger partial charge in [-0.1, -0.05) is 24.3 Å². The van der Waals surface area contributed by atoms with Crippen molar-refractivity contribution in [2.24, 2.45) is 0 Å². The molecule has 1 saturated heterocycles. The Morgan fingerprint density at radius 3 is 2.84 bits per heavy atom. The van der Waals surface area contributed by atoms with E-state index in [1.54, 1.807) is 0 Å². The van der Waals surface area contributed by atoms with Crippen molar-refractivity contribution in [3.8, 4) is 0 Å². The van der Waals surface area contributed by atoms with Gasteiger partial charge in [0, 0.05) is 6.04 Å². The minimum absolute atomic E-state index is 0.0771. The van der Waals surface area contributed by atoms with Gasteiger partial charge in [-0.3, -0.25) is 4.79 Å².